The first-order valence-electron chi connectivity index (χ1n) is 30.5. The summed E-state index contributed by atoms with van der Waals surface area (Å²) in [4.78, 5) is 18.5. The highest BCUT2D eigenvalue weighted by Crippen LogP contribution is 2.64. The van der Waals surface area contributed by atoms with E-state index in [4.69, 9.17) is 23.8 Å². The fourth-order valence-corrected chi connectivity index (χ4v) is 16.2. The van der Waals surface area contributed by atoms with Crippen molar-refractivity contribution < 1.29 is 8.83 Å². The molecule has 18 rings (SSSR count). The van der Waals surface area contributed by atoms with E-state index >= 15 is 0 Å². The SMILES string of the molecule is CC1(C)c2ccccc2-c2ccc(-c3cc4c(c5c3oc3ccccc35)-c3ccc(N(c5ccc6c(c5)C(C)(C)c5c7c(c8c(oc9ccccc98)c5-6)-c5ccccc5C7(C)C)c5nc(-c6ccccc6)nc(-c6ccccc6)n5)cc3C4(C)C)cc21. The van der Waals surface area contributed by atoms with Crippen molar-refractivity contribution in [3.05, 3.63) is 263 Å². The molecule has 0 amide bonds. The minimum absolute atomic E-state index is 0.158. The van der Waals surface area contributed by atoms with Crippen LogP contribution in [0.15, 0.2) is 227 Å². The molecule has 0 saturated heterocycles. The van der Waals surface area contributed by atoms with Gasteiger partial charge in [0.1, 0.15) is 22.3 Å². The highest BCUT2D eigenvalue weighted by Gasteiger charge is 2.49. The molecule has 87 heavy (non-hydrogen) atoms. The number of aromatic nitrogens is 3. The van der Waals surface area contributed by atoms with Gasteiger partial charge in [-0.3, -0.25) is 4.90 Å². The second kappa shape index (κ2) is 17.3. The quantitative estimate of drug-likeness (QED) is 0.165. The van der Waals surface area contributed by atoms with Crippen LogP contribution in [0, 0.1) is 0 Å². The second-order valence-electron chi connectivity index (χ2n) is 26.6. The van der Waals surface area contributed by atoms with Crippen LogP contribution < -0.4 is 4.90 Å². The highest BCUT2D eigenvalue weighted by atomic mass is 16.3. The molecule has 6 nitrogen and oxygen atoms in total. The highest BCUT2D eigenvalue weighted by molar-refractivity contribution is 6.22. The number of nitrogens with zero attached hydrogens (tertiary/aromatic N) is 4. The molecule has 0 N–H and O–H groups in total. The summed E-state index contributed by atoms with van der Waals surface area (Å²) in [5.41, 5.74) is 28.6. The molecular weight excluding hydrogens is 1060 g/mol. The number of hydrogen-bond acceptors (Lipinski definition) is 6. The van der Waals surface area contributed by atoms with Crippen molar-refractivity contribution in [3.63, 3.8) is 0 Å². The van der Waals surface area contributed by atoms with Crippen molar-refractivity contribution in [3.8, 4) is 78.4 Å². The summed E-state index contributed by atoms with van der Waals surface area (Å²) in [5.74, 6) is 1.71. The average Bonchev–Trinajstić information content (AvgIpc) is 1.52. The predicted molar refractivity (Wildman–Crippen MR) is 356 cm³/mol. The van der Waals surface area contributed by atoms with Crippen molar-refractivity contribution in [2.75, 3.05) is 4.90 Å². The maximum Gasteiger partial charge on any atom is 0.238 e. The Balaban J connectivity index is 0.865. The van der Waals surface area contributed by atoms with Gasteiger partial charge >= 0.3 is 0 Å². The lowest BCUT2D eigenvalue weighted by Gasteiger charge is -2.31. The minimum atomic E-state index is -0.455. The average molecular weight is 1120 g/mol. The first-order valence-corrected chi connectivity index (χ1v) is 30.5. The third-order valence-electron chi connectivity index (χ3n) is 20.5. The molecule has 0 radical (unpaired) electrons. The fourth-order valence-electron chi connectivity index (χ4n) is 16.2. The van der Waals surface area contributed by atoms with Gasteiger partial charge in [-0.1, -0.05) is 225 Å². The van der Waals surface area contributed by atoms with Crippen molar-refractivity contribution in [2.24, 2.45) is 0 Å². The van der Waals surface area contributed by atoms with Crippen LogP contribution in [0.2, 0.25) is 0 Å². The number of rotatable bonds is 6. The third kappa shape index (κ3) is 6.68. The molecule has 6 heteroatoms. The molecule has 3 heterocycles. The Morgan fingerprint density at radius 2 is 0.759 bits per heavy atom. The molecule has 0 aliphatic heterocycles. The Labute approximate surface area is 505 Å². The van der Waals surface area contributed by atoms with E-state index in [9.17, 15) is 0 Å². The van der Waals surface area contributed by atoms with E-state index in [1.54, 1.807) is 0 Å². The van der Waals surface area contributed by atoms with Crippen LogP contribution in [-0.4, -0.2) is 15.0 Å². The Morgan fingerprint density at radius 3 is 1.40 bits per heavy atom. The lowest BCUT2D eigenvalue weighted by molar-refractivity contribution is 0.600. The lowest BCUT2D eigenvalue weighted by Crippen LogP contribution is -2.24. The van der Waals surface area contributed by atoms with Gasteiger partial charge in [-0.2, -0.15) is 9.97 Å². The molecule has 0 atom stereocenters. The number of para-hydroxylation sites is 2. The van der Waals surface area contributed by atoms with Crippen LogP contribution in [0.5, 0.6) is 0 Å². The fraction of sp³-hybridized carbons (Fsp3) is 0.148. The molecule has 0 spiro atoms. The normalized spacial score (nSPS) is 15.5. The van der Waals surface area contributed by atoms with Gasteiger partial charge in [0.15, 0.2) is 11.6 Å². The third-order valence-corrected chi connectivity index (χ3v) is 20.5. The van der Waals surface area contributed by atoms with Gasteiger partial charge < -0.3 is 8.83 Å². The van der Waals surface area contributed by atoms with Gasteiger partial charge in [0.2, 0.25) is 5.95 Å². The van der Waals surface area contributed by atoms with E-state index in [0.717, 1.165) is 72.1 Å². The van der Waals surface area contributed by atoms with E-state index in [0.29, 0.717) is 17.6 Å². The maximum absolute atomic E-state index is 7.14. The van der Waals surface area contributed by atoms with Crippen molar-refractivity contribution in [1.82, 2.24) is 15.0 Å². The Morgan fingerprint density at radius 1 is 0.310 bits per heavy atom. The van der Waals surface area contributed by atoms with Crippen molar-refractivity contribution in [1.29, 1.82) is 0 Å². The van der Waals surface area contributed by atoms with Gasteiger partial charge in [0.25, 0.3) is 0 Å². The summed E-state index contributed by atoms with van der Waals surface area (Å²) in [6, 6.07) is 79.2. The number of fused-ring (bicyclic) bond motifs is 22. The maximum atomic E-state index is 7.14. The molecule has 0 unspecified atom stereocenters. The molecule has 4 aliphatic rings. The van der Waals surface area contributed by atoms with E-state index < -0.39 is 10.8 Å². The van der Waals surface area contributed by atoms with Crippen LogP contribution >= 0.6 is 0 Å². The van der Waals surface area contributed by atoms with Gasteiger partial charge in [-0.25, -0.2) is 4.98 Å². The predicted octanol–water partition coefficient (Wildman–Crippen LogP) is 21.4. The first-order chi connectivity index (χ1) is 42.2. The largest absolute Gasteiger partial charge is 0.455 e. The van der Waals surface area contributed by atoms with E-state index in [1.807, 2.05) is 36.4 Å². The van der Waals surface area contributed by atoms with Gasteiger partial charge in [-0.05, 0) is 138 Å². The van der Waals surface area contributed by atoms with E-state index in [2.05, 4.69) is 242 Å². The van der Waals surface area contributed by atoms with Crippen LogP contribution in [0.25, 0.3) is 122 Å². The molecule has 416 valence electrons. The molecule has 0 saturated carbocycles. The zero-order valence-corrected chi connectivity index (χ0v) is 49.9. The summed E-state index contributed by atoms with van der Waals surface area (Å²) in [6.45, 7) is 19.1. The monoisotopic (exact) mass is 1120 g/mol. The topological polar surface area (TPSA) is 68.2 Å². The molecule has 11 aromatic carbocycles. The minimum Gasteiger partial charge on any atom is -0.455 e. The molecular formula is C81H60N4O2. The van der Waals surface area contributed by atoms with Crippen molar-refractivity contribution >= 4 is 61.2 Å². The van der Waals surface area contributed by atoms with E-state index in [1.165, 1.54) is 94.4 Å². The van der Waals surface area contributed by atoms with Crippen LogP contribution in [0.4, 0.5) is 17.3 Å². The zero-order valence-electron chi connectivity index (χ0n) is 49.9. The summed E-state index contributed by atoms with van der Waals surface area (Å²) in [6.07, 6.45) is 0. The van der Waals surface area contributed by atoms with Gasteiger partial charge in [-0.15, -0.1) is 0 Å². The summed E-state index contributed by atoms with van der Waals surface area (Å²) < 4.78 is 14.2. The molecule has 14 aromatic rings. The first kappa shape index (κ1) is 50.2. The Hall–Kier alpha value is -10.2. The smallest absolute Gasteiger partial charge is 0.238 e. The van der Waals surface area contributed by atoms with Crippen LogP contribution in [-0.2, 0) is 21.7 Å². The van der Waals surface area contributed by atoms with Gasteiger partial charge in [0.05, 0.1) is 0 Å². The number of benzene rings is 11. The van der Waals surface area contributed by atoms with E-state index in [-0.39, 0.29) is 10.8 Å². The van der Waals surface area contributed by atoms with Gasteiger partial charge in [0, 0.05) is 76.8 Å². The molecule has 4 aliphatic carbocycles. The summed E-state index contributed by atoms with van der Waals surface area (Å²) >= 11 is 0. The summed E-state index contributed by atoms with van der Waals surface area (Å²) in [5, 5.41) is 4.59. The lowest BCUT2D eigenvalue weighted by atomic mass is 9.72. The number of hydrogen-bond donors (Lipinski definition) is 0. The molecule has 0 fully saturated rings. The number of furan rings is 2. The summed E-state index contributed by atoms with van der Waals surface area (Å²) in [7, 11) is 0. The number of anilines is 3. The van der Waals surface area contributed by atoms with Crippen molar-refractivity contribution in [2.45, 2.75) is 77.0 Å². The second-order valence-corrected chi connectivity index (χ2v) is 26.6. The zero-order chi connectivity index (χ0) is 58.6. The standard InChI is InChI=1S/C81H60N4O2/c1-78(2)58-31-19-15-27-50(58)51-38-35-47(41-60(51)78)57-44-63-66(68-55-29-17-21-33-64(55)86-73(57)68)53-39-36-48(42-61(53)79(63,3)4)85(77-83-75(45-23-11-9-12-24-45)82-76(84-77)46-25-13-10-14-26-46)49-37-40-54-62(43-49)81(7,8)72-70(54)74-69(56-30-18-22-34-65(56)87-74)67-52-28-16-20-32-59(52)80(5,6)71(67)72/h9-44H,1-8H3. The molecule has 0 bridgehead atoms. The Bertz CT molecular complexity index is 5290. The van der Waals surface area contributed by atoms with Crippen LogP contribution in [0.3, 0.4) is 0 Å². The Kier molecular flexibility index (Phi) is 9.96. The molecule has 3 aromatic heterocycles. The van der Waals surface area contributed by atoms with Crippen LogP contribution in [0.1, 0.15) is 99.9 Å².